The summed E-state index contributed by atoms with van der Waals surface area (Å²) in [5, 5.41) is 0. The van der Waals surface area contributed by atoms with Gasteiger partial charge in [0.05, 0.1) is 6.33 Å². The van der Waals surface area contributed by atoms with E-state index in [1.165, 1.54) is 32.1 Å². The third kappa shape index (κ3) is 1.91. The van der Waals surface area contributed by atoms with Crippen LogP contribution in [0.15, 0.2) is 12.5 Å². The molecule has 2 atom stereocenters. The molecular formula is C11H19N3. The van der Waals surface area contributed by atoms with Crippen molar-refractivity contribution in [3.05, 3.63) is 12.5 Å². The van der Waals surface area contributed by atoms with Crippen molar-refractivity contribution in [2.75, 3.05) is 5.73 Å². The lowest BCUT2D eigenvalue weighted by molar-refractivity contribution is 0.261. The van der Waals surface area contributed by atoms with Crippen molar-refractivity contribution in [1.82, 2.24) is 9.55 Å². The van der Waals surface area contributed by atoms with Crippen LogP contribution < -0.4 is 5.73 Å². The van der Waals surface area contributed by atoms with Gasteiger partial charge >= 0.3 is 0 Å². The molecule has 0 aliphatic heterocycles. The molecule has 0 amide bonds. The molecule has 0 bridgehead atoms. The van der Waals surface area contributed by atoms with Crippen LogP contribution in [0, 0.1) is 5.92 Å². The molecule has 3 heteroatoms. The minimum Gasteiger partial charge on any atom is -0.382 e. The monoisotopic (exact) mass is 193 g/mol. The second-order valence-corrected chi connectivity index (χ2v) is 4.34. The van der Waals surface area contributed by atoms with Crippen LogP contribution in [0.5, 0.6) is 0 Å². The van der Waals surface area contributed by atoms with Gasteiger partial charge in [-0.15, -0.1) is 0 Å². The molecule has 0 spiro atoms. The number of imidazole rings is 1. The zero-order valence-corrected chi connectivity index (χ0v) is 8.82. The fraction of sp³-hybridized carbons (Fsp3) is 0.727. The maximum absolute atomic E-state index is 5.62. The molecule has 1 aromatic heterocycles. The molecule has 14 heavy (non-hydrogen) atoms. The normalized spacial score (nSPS) is 27.8. The van der Waals surface area contributed by atoms with Gasteiger partial charge in [0.1, 0.15) is 5.82 Å². The van der Waals surface area contributed by atoms with E-state index in [9.17, 15) is 0 Å². The molecule has 1 fully saturated rings. The summed E-state index contributed by atoms with van der Waals surface area (Å²) in [5.41, 5.74) is 5.62. The molecular weight excluding hydrogens is 174 g/mol. The highest BCUT2D eigenvalue weighted by Crippen LogP contribution is 2.34. The summed E-state index contributed by atoms with van der Waals surface area (Å²) >= 11 is 0. The molecule has 1 aliphatic carbocycles. The summed E-state index contributed by atoms with van der Waals surface area (Å²) in [6, 6.07) is 0.637. The minimum absolute atomic E-state index is 0.637. The first kappa shape index (κ1) is 9.56. The number of nitrogens with two attached hydrogens (primary N) is 1. The number of hydrogen-bond acceptors (Lipinski definition) is 2. The predicted molar refractivity (Wildman–Crippen MR) is 57.9 cm³/mol. The maximum atomic E-state index is 5.62. The van der Waals surface area contributed by atoms with Crippen molar-refractivity contribution >= 4 is 5.82 Å². The van der Waals surface area contributed by atoms with E-state index in [0.717, 1.165) is 5.92 Å². The molecule has 1 aliphatic rings. The van der Waals surface area contributed by atoms with Crippen LogP contribution in [0.1, 0.15) is 45.1 Å². The molecule has 2 unspecified atom stereocenters. The Morgan fingerprint density at radius 3 is 3.07 bits per heavy atom. The van der Waals surface area contributed by atoms with Crippen LogP contribution in [0.25, 0.3) is 0 Å². The first-order chi connectivity index (χ1) is 6.79. The van der Waals surface area contributed by atoms with Crippen LogP contribution in [-0.2, 0) is 0 Å². The lowest BCUT2D eigenvalue weighted by atomic mass is 9.84. The summed E-state index contributed by atoms with van der Waals surface area (Å²) in [6.45, 7) is 2.29. The van der Waals surface area contributed by atoms with Gasteiger partial charge in [0.15, 0.2) is 0 Å². The Labute approximate surface area is 85.3 Å². The Bertz CT molecular complexity index is 292. The van der Waals surface area contributed by atoms with Crippen molar-refractivity contribution < 1.29 is 0 Å². The van der Waals surface area contributed by atoms with Crippen LogP contribution in [-0.4, -0.2) is 9.55 Å². The number of nitrogens with zero attached hydrogens (tertiary/aromatic N) is 2. The van der Waals surface area contributed by atoms with Crippen molar-refractivity contribution in [1.29, 1.82) is 0 Å². The van der Waals surface area contributed by atoms with Crippen molar-refractivity contribution in [2.45, 2.75) is 45.1 Å². The highest BCUT2D eigenvalue weighted by atomic mass is 15.1. The van der Waals surface area contributed by atoms with E-state index in [-0.39, 0.29) is 0 Å². The molecule has 2 N–H and O–H groups in total. The highest BCUT2D eigenvalue weighted by Gasteiger charge is 2.21. The van der Waals surface area contributed by atoms with Crippen molar-refractivity contribution in [3.8, 4) is 0 Å². The van der Waals surface area contributed by atoms with Crippen LogP contribution in [0.4, 0.5) is 5.82 Å². The van der Waals surface area contributed by atoms with Gasteiger partial charge in [-0.1, -0.05) is 26.2 Å². The SMILES string of the molecule is CCC1CCCC(n2cnc(N)c2)C1. The molecule has 0 saturated heterocycles. The van der Waals surface area contributed by atoms with Gasteiger partial charge in [0, 0.05) is 12.2 Å². The third-order valence-electron chi connectivity index (χ3n) is 3.38. The van der Waals surface area contributed by atoms with Gasteiger partial charge in [0.2, 0.25) is 0 Å². The highest BCUT2D eigenvalue weighted by molar-refractivity contribution is 5.22. The maximum Gasteiger partial charge on any atom is 0.141 e. The first-order valence-electron chi connectivity index (χ1n) is 5.58. The molecule has 3 nitrogen and oxygen atoms in total. The second-order valence-electron chi connectivity index (χ2n) is 4.34. The minimum atomic E-state index is 0.637. The van der Waals surface area contributed by atoms with Gasteiger partial charge < -0.3 is 10.3 Å². The van der Waals surface area contributed by atoms with Crippen molar-refractivity contribution in [3.63, 3.8) is 0 Å². The fourth-order valence-electron chi connectivity index (χ4n) is 2.46. The number of hydrogen-bond donors (Lipinski definition) is 1. The van der Waals surface area contributed by atoms with Gasteiger partial charge in [-0.2, -0.15) is 0 Å². The Morgan fingerprint density at radius 2 is 2.43 bits per heavy atom. The average Bonchev–Trinajstić information content (AvgIpc) is 2.65. The van der Waals surface area contributed by atoms with E-state index in [1.54, 1.807) is 0 Å². The van der Waals surface area contributed by atoms with E-state index in [2.05, 4.69) is 16.5 Å². The van der Waals surface area contributed by atoms with Crippen LogP contribution in [0.3, 0.4) is 0 Å². The summed E-state index contributed by atoms with van der Waals surface area (Å²) < 4.78 is 2.19. The van der Waals surface area contributed by atoms with Gasteiger partial charge in [-0.3, -0.25) is 0 Å². The summed E-state index contributed by atoms with van der Waals surface area (Å²) in [4.78, 5) is 4.08. The first-order valence-corrected chi connectivity index (χ1v) is 5.58. The van der Waals surface area contributed by atoms with Gasteiger partial charge in [0.25, 0.3) is 0 Å². The van der Waals surface area contributed by atoms with Crippen LogP contribution in [0.2, 0.25) is 0 Å². The number of nitrogen functional groups attached to an aromatic ring is 1. The second kappa shape index (κ2) is 4.03. The predicted octanol–water partition coefficient (Wildman–Crippen LogP) is 2.61. The average molecular weight is 193 g/mol. The Hall–Kier alpha value is -0.990. The topological polar surface area (TPSA) is 43.8 Å². The van der Waals surface area contributed by atoms with E-state index in [4.69, 9.17) is 5.73 Å². The Balaban J connectivity index is 2.04. The van der Waals surface area contributed by atoms with Crippen LogP contribution >= 0.6 is 0 Å². The van der Waals surface area contributed by atoms with Crippen molar-refractivity contribution in [2.24, 2.45) is 5.92 Å². The lowest BCUT2D eigenvalue weighted by Gasteiger charge is -2.29. The number of aromatic nitrogens is 2. The zero-order chi connectivity index (χ0) is 9.97. The molecule has 2 rings (SSSR count). The van der Waals surface area contributed by atoms with Gasteiger partial charge in [-0.25, -0.2) is 4.98 Å². The van der Waals surface area contributed by atoms with E-state index < -0.39 is 0 Å². The molecule has 1 heterocycles. The summed E-state index contributed by atoms with van der Waals surface area (Å²) in [6.07, 6.45) is 10.5. The molecule has 1 aromatic rings. The third-order valence-corrected chi connectivity index (χ3v) is 3.38. The van der Waals surface area contributed by atoms with E-state index >= 15 is 0 Å². The number of anilines is 1. The quantitative estimate of drug-likeness (QED) is 0.784. The van der Waals surface area contributed by atoms with E-state index in [1.807, 2.05) is 12.5 Å². The standard InChI is InChI=1S/C11H19N3/c1-2-9-4-3-5-10(6-9)14-7-11(12)13-8-14/h7-10H,2-6,12H2,1H3. The summed E-state index contributed by atoms with van der Waals surface area (Å²) in [7, 11) is 0. The number of rotatable bonds is 2. The fourth-order valence-corrected chi connectivity index (χ4v) is 2.46. The van der Waals surface area contributed by atoms with E-state index in [0.29, 0.717) is 11.9 Å². The molecule has 0 aromatic carbocycles. The van der Waals surface area contributed by atoms with Gasteiger partial charge in [-0.05, 0) is 18.8 Å². The Kier molecular flexibility index (Phi) is 2.75. The lowest BCUT2D eigenvalue weighted by Crippen LogP contribution is -2.17. The zero-order valence-electron chi connectivity index (χ0n) is 8.82. The molecule has 78 valence electrons. The summed E-state index contributed by atoms with van der Waals surface area (Å²) in [5.74, 6) is 1.54. The smallest absolute Gasteiger partial charge is 0.141 e. The molecule has 1 saturated carbocycles. The Morgan fingerprint density at radius 1 is 1.57 bits per heavy atom. The molecule has 0 radical (unpaired) electrons. The largest absolute Gasteiger partial charge is 0.382 e.